The molecule has 6 heteroatoms. The molecular weight excluding hydrogens is 1190 g/mol. The molecule has 3 heterocycles. The summed E-state index contributed by atoms with van der Waals surface area (Å²) in [5, 5.41) is 13.0. The molecule has 96 heavy (non-hydrogen) atoms. The molecule has 0 saturated heterocycles. The lowest BCUT2D eigenvalue weighted by atomic mass is 9.33. The Hall–Kier alpha value is -11.8. The first kappa shape index (κ1) is 56.9. The van der Waals surface area contributed by atoms with Crippen molar-refractivity contribution in [1.29, 1.82) is 0 Å². The number of nitrogens with zero attached hydrogens (tertiary/aromatic N) is 3. The topological polar surface area (TPSA) is 11.4 Å². The van der Waals surface area contributed by atoms with Crippen LogP contribution in [0.4, 0.5) is 34.1 Å². The molecule has 18 rings (SSSR count). The largest absolute Gasteiger partial charge is 0.311 e. The minimum Gasteiger partial charge on any atom is -0.311 e. The lowest BCUT2D eigenvalue weighted by Crippen LogP contribution is -2.75. The first-order valence-corrected chi connectivity index (χ1v) is 37.3. The highest BCUT2D eigenvalue weighted by atomic mass is 28.3. The fraction of sp³-hybridized carbons (Fsp3) is 0. The van der Waals surface area contributed by atoms with Crippen LogP contribution in [0.2, 0.25) is 0 Å². The first-order chi connectivity index (χ1) is 47.7. The van der Waals surface area contributed by atoms with Gasteiger partial charge >= 0.3 is 0 Å². The molecule has 3 nitrogen and oxygen atoms in total. The Morgan fingerprint density at radius 2 is 0.625 bits per heavy atom. The summed E-state index contributed by atoms with van der Waals surface area (Å²) >= 11 is 0. The average molecular weight is 1250 g/mol. The summed E-state index contributed by atoms with van der Waals surface area (Å²) < 4.78 is 2.53. The molecule has 0 saturated carbocycles. The van der Waals surface area contributed by atoms with E-state index in [1.54, 1.807) is 0 Å². The van der Waals surface area contributed by atoms with Crippen molar-refractivity contribution >= 4 is 137 Å². The third kappa shape index (κ3) is 9.01. The van der Waals surface area contributed by atoms with E-state index in [1.165, 1.54) is 96.7 Å². The number of para-hydroxylation sites is 3. The van der Waals surface area contributed by atoms with Gasteiger partial charge < -0.3 is 14.4 Å². The number of rotatable bonds is 13. The lowest BCUT2D eigenvalue weighted by molar-refractivity contribution is 1.16. The quantitative estimate of drug-likeness (QED) is 0.0842. The molecular formula is C90H64BN3Si2. The second-order valence-corrected chi connectivity index (χ2v) is 33.0. The maximum absolute atomic E-state index is 3.09. The van der Waals surface area contributed by atoms with Crippen molar-refractivity contribution in [3.8, 4) is 27.9 Å². The SMILES string of the molecule is c1ccc(-c2ccc(N3c4cc([Si](c5ccccc5)(c5ccccc5)c5ccccc5)ccc4B4c5cccc(-c6ccccc6)c5N(c5cccc([Si](c6ccccc6)(c6ccccc6)c6ccccc6)c5)c5cc(-n6c7ccccc7c7ccccc76)cc3c54)cc2)cc1. The predicted octanol–water partition coefficient (Wildman–Crippen LogP) is 15.0. The summed E-state index contributed by atoms with van der Waals surface area (Å²) in [6.45, 7) is -0.197. The molecule has 2 aliphatic rings. The molecule has 16 aromatic rings. The second kappa shape index (κ2) is 23.6. The Kier molecular flexibility index (Phi) is 14.0. The van der Waals surface area contributed by atoms with Crippen molar-refractivity contribution in [2.45, 2.75) is 0 Å². The van der Waals surface area contributed by atoms with E-state index >= 15 is 0 Å². The number of anilines is 6. The van der Waals surface area contributed by atoms with Gasteiger partial charge in [0.1, 0.15) is 0 Å². The van der Waals surface area contributed by atoms with Crippen molar-refractivity contribution < 1.29 is 0 Å². The number of hydrogen-bond donors (Lipinski definition) is 0. The van der Waals surface area contributed by atoms with Gasteiger partial charge in [0.2, 0.25) is 0 Å². The molecule has 0 unspecified atom stereocenters. The Morgan fingerprint density at radius 3 is 1.11 bits per heavy atom. The highest BCUT2D eigenvalue weighted by Crippen LogP contribution is 2.49. The van der Waals surface area contributed by atoms with Crippen LogP contribution in [0.25, 0.3) is 49.7 Å². The zero-order valence-electron chi connectivity index (χ0n) is 52.9. The van der Waals surface area contributed by atoms with Gasteiger partial charge in [-0.15, -0.1) is 0 Å². The van der Waals surface area contributed by atoms with E-state index in [1.807, 2.05) is 0 Å². The van der Waals surface area contributed by atoms with E-state index in [2.05, 4.69) is 403 Å². The summed E-state index contributed by atoms with van der Waals surface area (Å²) in [6.07, 6.45) is 0. The third-order valence-electron chi connectivity index (χ3n) is 20.4. The standard InChI is InChI=1S/C90H64BN3Si2/c1-9-31-65(32-10-1)66-55-57-68(58-56-66)92-86-64-78(96(74-42-19-6-20-43-74,75-44-21-7-22-45-75)76-46-23-8-24-47-76)59-60-82(86)91-83-52-30-51-79(67-33-11-2-12-34-67)90(83)94(88-63-70(62-87(92)89(88)91)93-84-53-27-25-49-80(84)81-50-26-28-54-85(81)93)69-35-29-48-77(61-69)95(71-36-13-3-14-37-71,72-38-15-4-16-39-72)73-40-17-5-18-41-73/h1-64H. The minimum absolute atomic E-state index is 0.197. The highest BCUT2D eigenvalue weighted by molar-refractivity contribution is 7.20. The molecule has 0 N–H and O–H groups in total. The van der Waals surface area contributed by atoms with Gasteiger partial charge in [-0.05, 0) is 129 Å². The zero-order chi connectivity index (χ0) is 63.6. The van der Waals surface area contributed by atoms with Crippen LogP contribution in [0, 0.1) is 0 Å². The van der Waals surface area contributed by atoms with Gasteiger partial charge in [-0.3, -0.25) is 0 Å². The summed E-state index contributed by atoms with van der Waals surface area (Å²) in [4.78, 5) is 5.31. The highest BCUT2D eigenvalue weighted by Gasteiger charge is 2.48. The third-order valence-corrected chi connectivity index (χ3v) is 30.0. The number of aromatic nitrogens is 1. The molecule has 0 aliphatic carbocycles. The van der Waals surface area contributed by atoms with Gasteiger partial charge in [0.15, 0.2) is 16.1 Å². The number of benzene rings is 15. The lowest BCUT2D eigenvalue weighted by Gasteiger charge is -2.46. The predicted molar refractivity (Wildman–Crippen MR) is 413 cm³/mol. The van der Waals surface area contributed by atoms with Gasteiger partial charge in [-0.2, -0.15) is 0 Å². The summed E-state index contributed by atoms with van der Waals surface area (Å²) in [7, 11) is -6.14. The Bertz CT molecular complexity index is 5280. The van der Waals surface area contributed by atoms with Crippen molar-refractivity contribution in [1.82, 2.24) is 4.57 Å². The molecule has 0 fully saturated rings. The average Bonchev–Trinajstić information content (AvgIpc) is 0.745. The Labute approximate surface area is 563 Å². The van der Waals surface area contributed by atoms with Crippen LogP contribution >= 0.6 is 0 Å². The molecule has 450 valence electrons. The smallest absolute Gasteiger partial charge is 0.252 e. The molecule has 0 spiro atoms. The van der Waals surface area contributed by atoms with Crippen molar-refractivity contribution in [2.24, 2.45) is 0 Å². The summed E-state index contributed by atoms with van der Waals surface area (Å²) in [6, 6.07) is 147. The van der Waals surface area contributed by atoms with Crippen LogP contribution in [0.15, 0.2) is 388 Å². The first-order valence-electron chi connectivity index (χ1n) is 33.3. The molecule has 0 radical (unpaired) electrons. The monoisotopic (exact) mass is 1250 g/mol. The second-order valence-electron chi connectivity index (χ2n) is 25.4. The molecule has 0 atom stereocenters. The molecule has 1 aromatic heterocycles. The minimum atomic E-state index is -3.09. The van der Waals surface area contributed by atoms with Crippen LogP contribution in [0.1, 0.15) is 0 Å². The van der Waals surface area contributed by atoms with Crippen LogP contribution in [0.5, 0.6) is 0 Å². The molecule has 15 aromatic carbocycles. The summed E-state index contributed by atoms with van der Waals surface area (Å²) in [5.74, 6) is 0. The number of hydrogen-bond acceptors (Lipinski definition) is 2. The zero-order valence-corrected chi connectivity index (χ0v) is 54.9. The van der Waals surface area contributed by atoms with Crippen molar-refractivity contribution in [3.63, 3.8) is 0 Å². The maximum Gasteiger partial charge on any atom is 0.252 e. The van der Waals surface area contributed by atoms with E-state index in [0.29, 0.717) is 0 Å². The van der Waals surface area contributed by atoms with E-state index in [-0.39, 0.29) is 6.71 Å². The fourth-order valence-corrected chi connectivity index (χ4v) is 26.0. The van der Waals surface area contributed by atoms with E-state index in [4.69, 9.17) is 0 Å². The van der Waals surface area contributed by atoms with Crippen molar-refractivity contribution in [3.05, 3.63) is 388 Å². The van der Waals surface area contributed by atoms with Gasteiger partial charge in [0, 0.05) is 50.5 Å². The normalized spacial score (nSPS) is 12.5. The number of fused-ring (bicyclic) bond motifs is 7. The van der Waals surface area contributed by atoms with Crippen LogP contribution in [-0.4, -0.2) is 27.4 Å². The molecule has 2 aliphatic heterocycles. The van der Waals surface area contributed by atoms with Crippen LogP contribution in [-0.2, 0) is 0 Å². The summed E-state index contributed by atoms with van der Waals surface area (Å²) in [5.41, 5.74) is 18.6. The van der Waals surface area contributed by atoms with Gasteiger partial charge in [0.25, 0.3) is 6.71 Å². The Morgan fingerprint density at radius 1 is 0.229 bits per heavy atom. The fourth-order valence-electron chi connectivity index (χ4n) is 16.4. The van der Waals surface area contributed by atoms with Crippen LogP contribution < -0.4 is 67.7 Å². The molecule has 0 amide bonds. The van der Waals surface area contributed by atoms with Gasteiger partial charge in [-0.25, -0.2) is 0 Å². The Balaban J connectivity index is 0.987. The van der Waals surface area contributed by atoms with Gasteiger partial charge in [0.05, 0.1) is 16.7 Å². The van der Waals surface area contributed by atoms with Crippen LogP contribution in [0.3, 0.4) is 0 Å². The van der Waals surface area contributed by atoms with E-state index < -0.39 is 16.1 Å². The molecule has 0 bridgehead atoms. The van der Waals surface area contributed by atoms with E-state index in [0.717, 1.165) is 45.0 Å². The maximum atomic E-state index is 2.67. The van der Waals surface area contributed by atoms with Crippen molar-refractivity contribution in [2.75, 3.05) is 9.80 Å². The van der Waals surface area contributed by atoms with Gasteiger partial charge in [-0.1, -0.05) is 334 Å². The van der Waals surface area contributed by atoms with E-state index in [9.17, 15) is 0 Å².